The van der Waals surface area contributed by atoms with E-state index in [0.717, 1.165) is 6.42 Å². The highest BCUT2D eigenvalue weighted by Gasteiger charge is 2.31. The van der Waals surface area contributed by atoms with Crippen LogP contribution in [-0.4, -0.2) is 14.4 Å². The van der Waals surface area contributed by atoms with E-state index in [1.165, 1.54) is 37.1 Å². The van der Waals surface area contributed by atoms with E-state index < -0.39 is 0 Å². The molecule has 1 aromatic rings. The van der Waals surface area contributed by atoms with Crippen molar-refractivity contribution in [2.24, 2.45) is 5.41 Å². The summed E-state index contributed by atoms with van der Waals surface area (Å²) in [5, 5.41) is 8.42. The summed E-state index contributed by atoms with van der Waals surface area (Å²) in [5.74, 6) is 0.517. The van der Waals surface area contributed by atoms with Gasteiger partial charge in [0.25, 0.3) is 0 Å². The predicted molar refractivity (Wildman–Crippen MR) is 68.8 cm³/mol. The first-order chi connectivity index (χ1) is 7.50. The second-order valence-electron chi connectivity index (χ2n) is 5.83. The second-order valence-corrected chi connectivity index (χ2v) is 6.21. The molecule has 1 aliphatic rings. The number of nitrogens with zero attached hydrogens (tertiary/aromatic N) is 3. The maximum atomic E-state index is 4.35. The molecule has 4 heteroatoms. The van der Waals surface area contributed by atoms with Gasteiger partial charge in [-0.15, -0.1) is 5.10 Å². The van der Waals surface area contributed by atoms with Gasteiger partial charge in [0.1, 0.15) is 0 Å². The van der Waals surface area contributed by atoms with Crippen LogP contribution >= 0.6 is 12.8 Å². The first kappa shape index (κ1) is 12.0. The topological polar surface area (TPSA) is 30.7 Å². The van der Waals surface area contributed by atoms with E-state index in [1.807, 2.05) is 0 Å². The monoisotopic (exact) mass is 239 g/mol. The molecule has 0 amide bonds. The Bertz CT molecular complexity index is 365. The lowest BCUT2D eigenvalue weighted by molar-refractivity contribution is 0.287. The average Bonchev–Trinajstić information content (AvgIpc) is 2.44. The van der Waals surface area contributed by atoms with E-state index in [-0.39, 0.29) is 5.41 Å². The van der Waals surface area contributed by atoms with Crippen molar-refractivity contribution >= 4 is 12.8 Å². The van der Waals surface area contributed by atoms with Crippen LogP contribution in [0.5, 0.6) is 0 Å². The number of aromatic nitrogens is 3. The van der Waals surface area contributed by atoms with Crippen LogP contribution in [0.1, 0.15) is 63.8 Å². The molecule has 0 saturated heterocycles. The molecule has 0 bridgehead atoms. The molecular weight excluding hydrogens is 218 g/mol. The fraction of sp³-hybridized carbons (Fsp3) is 0.833. The summed E-state index contributed by atoms with van der Waals surface area (Å²) in [4.78, 5) is 0. The van der Waals surface area contributed by atoms with Gasteiger partial charge in [0.05, 0.1) is 11.4 Å². The third-order valence-electron chi connectivity index (χ3n) is 3.56. The molecule has 1 aromatic heterocycles. The van der Waals surface area contributed by atoms with Crippen LogP contribution in [0, 0.1) is 5.41 Å². The first-order valence-corrected chi connectivity index (χ1v) is 6.54. The van der Waals surface area contributed by atoms with Crippen molar-refractivity contribution in [1.82, 2.24) is 14.4 Å². The number of hydrogen-bond acceptors (Lipinski definition) is 3. The molecule has 1 unspecified atom stereocenters. The minimum absolute atomic E-state index is 0.260. The lowest BCUT2D eigenvalue weighted by Gasteiger charge is -2.31. The van der Waals surface area contributed by atoms with E-state index in [1.54, 1.807) is 4.09 Å². The fourth-order valence-electron chi connectivity index (χ4n) is 2.60. The molecule has 1 atom stereocenters. The van der Waals surface area contributed by atoms with Gasteiger partial charge in [-0.1, -0.05) is 38.8 Å². The number of thiol groups is 1. The standard InChI is InChI=1S/C12H21N3S/c1-12(2,3)9-7-5-4-6-8-10-11(9)13-14-15(10)16/h9,16H,4-8H2,1-3H3. The van der Waals surface area contributed by atoms with Gasteiger partial charge in [0.2, 0.25) is 0 Å². The molecule has 16 heavy (non-hydrogen) atoms. The summed E-state index contributed by atoms with van der Waals surface area (Å²) in [6.45, 7) is 6.88. The lowest BCUT2D eigenvalue weighted by Crippen LogP contribution is -2.21. The zero-order chi connectivity index (χ0) is 11.8. The molecule has 0 N–H and O–H groups in total. The molecule has 90 valence electrons. The highest BCUT2D eigenvalue weighted by Crippen LogP contribution is 2.40. The normalized spacial score (nSPS) is 22.4. The number of fused-ring (bicyclic) bond motifs is 1. The molecule has 3 nitrogen and oxygen atoms in total. The molecule has 0 fully saturated rings. The van der Waals surface area contributed by atoms with Crippen LogP contribution in [0.15, 0.2) is 0 Å². The van der Waals surface area contributed by atoms with E-state index in [2.05, 4.69) is 43.9 Å². The molecule has 0 aliphatic heterocycles. The van der Waals surface area contributed by atoms with Crippen LogP contribution in [-0.2, 0) is 6.42 Å². The van der Waals surface area contributed by atoms with Gasteiger partial charge in [0.15, 0.2) is 0 Å². The Labute approximate surface area is 103 Å². The molecule has 0 aromatic carbocycles. The molecule has 0 saturated carbocycles. The van der Waals surface area contributed by atoms with Gasteiger partial charge < -0.3 is 0 Å². The number of rotatable bonds is 0. The third-order valence-corrected chi connectivity index (χ3v) is 3.88. The van der Waals surface area contributed by atoms with Crippen LogP contribution in [0.3, 0.4) is 0 Å². The third kappa shape index (κ3) is 2.26. The SMILES string of the molecule is CC(C)(C)C1CCCCCc2c1nnn2S. The van der Waals surface area contributed by atoms with Crippen molar-refractivity contribution in [3.63, 3.8) is 0 Å². The van der Waals surface area contributed by atoms with E-state index in [4.69, 9.17) is 0 Å². The minimum atomic E-state index is 0.260. The quantitative estimate of drug-likeness (QED) is 0.705. The zero-order valence-corrected chi connectivity index (χ0v) is 11.3. The smallest absolute Gasteiger partial charge is 0.0906 e. The summed E-state index contributed by atoms with van der Waals surface area (Å²) in [6, 6.07) is 0. The minimum Gasteiger partial charge on any atom is -0.193 e. The van der Waals surface area contributed by atoms with Crippen LogP contribution in [0.2, 0.25) is 0 Å². The molecular formula is C12H21N3S. The van der Waals surface area contributed by atoms with Crippen molar-refractivity contribution in [3.8, 4) is 0 Å². The van der Waals surface area contributed by atoms with Crippen LogP contribution < -0.4 is 0 Å². The Hall–Kier alpha value is -0.510. The van der Waals surface area contributed by atoms with Crippen LogP contribution in [0.25, 0.3) is 0 Å². The Kier molecular flexibility index (Phi) is 3.29. The van der Waals surface area contributed by atoms with Crippen molar-refractivity contribution in [3.05, 3.63) is 11.4 Å². The highest BCUT2D eigenvalue weighted by molar-refractivity contribution is 7.78. The van der Waals surface area contributed by atoms with Crippen molar-refractivity contribution in [2.45, 2.75) is 58.8 Å². The van der Waals surface area contributed by atoms with E-state index in [0.29, 0.717) is 5.92 Å². The lowest BCUT2D eigenvalue weighted by atomic mass is 9.74. The van der Waals surface area contributed by atoms with Gasteiger partial charge >= 0.3 is 0 Å². The second kappa shape index (κ2) is 4.40. The van der Waals surface area contributed by atoms with Crippen LogP contribution in [0.4, 0.5) is 0 Å². The largest absolute Gasteiger partial charge is 0.193 e. The summed E-state index contributed by atoms with van der Waals surface area (Å²) in [7, 11) is 0. The Morgan fingerprint density at radius 3 is 2.69 bits per heavy atom. The molecule has 1 aliphatic carbocycles. The van der Waals surface area contributed by atoms with Crippen molar-refractivity contribution < 1.29 is 0 Å². The Morgan fingerprint density at radius 1 is 1.25 bits per heavy atom. The maximum Gasteiger partial charge on any atom is 0.0906 e. The Balaban J connectivity index is 2.40. The first-order valence-electron chi connectivity index (χ1n) is 6.14. The molecule has 1 heterocycles. The summed E-state index contributed by atoms with van der Waals surface area (Å²) >= 11 is 4.35. The van der Waals surface area contributed by atoms with Gasteiger partial charge in [-0.2, -0.15) is 4.09 Å². The molecule has 0 spiro atoms. The van der Waals surface area contributed by atoms with Gasteiger partial charge in [-0.3, -0.25) is 0 Å². The van der Waals surface area contributed by atoms with Crippen molar-refractivity contribution in [2.75, 3.05) is 0 Å². The summed E-state index contributed by atoms with van der Waals surface area (Å²) in [6.07, 6.45) is 6.14. The Morgan fingerprint density at radius 2 is 2.00 bits per heavy atom. The van der Waals surface area contributed by atoms with Gasteiger partial charge in [-0.25, -0.2) is 0 Å². The van der Waals surface area contributed by atoms with Gasteiger partial charge in [-0.05, 0) is 37.5 Å². The summed E-state index contributed by atoms with van der Waals surface area (Å²) < 4.78 is 1.67. The van der Waals surface area contributed by atoms with Crippen molar-refractivity contribution in [1.29, 1.82) is 0 Å². The highest BCUT2D eigenvalue weighted by atomic mass is 32.1. The maximum absolute atomic E-state index is 4.35. The fourth-order valence-corrected chi connectivity index (χ4v) is 2.84. The number of hydrogen-bond donors (Lipinski definition) is 1. The molecule has 2 rings (SSSR count). The van der Waals surface area contributed by atoms with E-state index in [9.17, 15) is 0 Å². The van der Waals surface area contributed by atoms with Gasteiger partial charge in [0, 0.05) is 5.92 Å². The predicted octanol–water partition coefficient (Wildman–Crippen LogP) is 3.22. The van der Waals surface area contributed by atoms with E-state index >= 15 is 0 Å². The molecule has 0 radical (unpaired) electrons. The zero-order valence-electron chi connectivity index (χ0n) is 10.4. The average molecular weight is 239 g/mol. The summed E-state index contributed by atoms with van der Waals surface area (Å²) in [5.41, 5.74) is 2.67.